The number of ether oxygens (including phenoxy) is 1. The first-order chi connectivity index (χ1) is 8.51. The Morgan fingerprint density at radius 3 is 2.83 bits per heavy atom. The highest BCUT2D eigenvalue weighted by Gasteiger charge is 2.23. The fourth-order valence-electron chi connectivity index (χ4n) is 1.65. The number of aromatic nitrogens is 3. The SMILES string of the molecule is CCn1cc2c(n1)c(O)c(C(=O)OC)c(=O)n2P. The van der Waals surface area contributed by atoms with Gasteiger partial charge in [-0.25, -0.2) is 4.79 Å². The van der Waals surface area contributed by atoms with E-state index in [0.717, 1.165) is 7.11 Å². The van der Waals surface area contributed by atoms with Gasteiger partial charge in [0.1, 0.15) is 0 Å². The van der Waals surface area contributed by atoms with Crippen LogP contribution in [0.4, 0.5) is 0 Å². The van der Waals surface area contributed by atoms with Crippen molar-refractivity contribution in [3.8, 4) is 5.75 Å². The number of rotatable bonds is 2. The third-order valence-corrected chi connectivity index (χ3v) is 3.12. The molecule has 0 radical (unpaired) electrons. The predicted octanol–water partition coefficient (Wildman–Crippen LogP) is 0.348. The molecule has 18 heavy (non-hydrogen) atoms. The Hall–Kier alpha value is -1.88. The van der Waals surface area contributed by atoms with Gasteiger partial charge in [-0.2, -0.15) is 5.10 Å². The van der Waals surface area contributed by atoms with Crippen LogP contribution in [-0.4, -0.2) is 32.3 Å². The average molecular weight is 269 g/mol. The number of aryl methyl sites for hydroxylation is 1. The summed E-state index contributed by atoms with van der Waals surface area (Å²) in [5.41, 5.74) is -0.447. The van der Waals surface area contributed by atoms with Gasteiger partial charge in [-0.15, -0.1) is 0 Å². The topological polar surface area (TPSA) is 86.3 Å². The number of nitrogens with zero attached hydrogens (tertiary/aromatic N) is 3. The summed E-state index contributed by atoms with van der Waals surface area (Å²) in [4.78, 5) is 23.4. The van der Waals surface area contributed by atoms with Crippen LogP contribution in [0.15, 0.2) is 11.0 Å². The normalized spacial score (nSPS) is 10.8. The zero-order chi connectivity index (χ0) is 13.4. The van der Waals surface area contributed by atoms with Crippen LogP contribution in [0.25, 0.3) is 11.0 Å². The van der Waals surface area contributed by atoms with Crippen molar-refractivity contribution < 1.29 is 14.6 Å². The van der Waals surface area contributed by atoms with Crippen LogP contribution >= 0.6 is 9.39 Å². The van der Waals surface area contributed by atoms with Gasteiger partial charge < -0.3 is 9.84 Å². The van der Waals surface area contributed by atoms with E-state index in [9.17, 15) is 14.7 Å². The number of hydrogen-bond donors (Lipinski definition) is 1. The maximum Gasteiger partial charge on any atom is 0.347 e. The Morgan fingerprint density at radius 1 is 1.61 bits per heavy atom. The van der Waals surface area contributed by atoms with Gasteiger partial charge in [0, 0.05) is 12.7 Å². The number of pyridine rings is 1. The van der Waals surface area contributed by atoms with Crippen molar-refractivity contribution in [2.45, 2.75) is 13.5 Å². The second-order valence-corrected chi connectivity index (χ2v) is 4.13. The fraction of sp³-hybridized carbons (Fsp3) is 0.300. The lowest BCUT2D eigenvalue weighted by Gasteiger charge is -2.05. The van der Waals surface area contributed by atoms with Gasteiger partial charge in [0.15, 0.2) is 16.8 Å². The van der Waals surface area contributed by atoms with Crippen molar-refractivity contribution in [1.29, 1.82) is 0 Å². The van der Waals surface area contributed by atoms with Crippen LogP contribution in [0.3, 0.4) is 0 Å². The molecule has 96 valence electrons. The van der Waals surface area contributed by atoms with Crippen LogP contribution in [0.5, 0.6) is 5.75 Å². The predicted molar refractivity (Wildman–Crippen MR) is 67.8 cm³/mol. The molecule has 1 unspecified atom stereocenters. The van der Waals surface area contributed by atoms with Gasteiger partial charge >= 0.3 is 5.97 Å². The second kappa shape index (κ2) is 4.42. The molecule has 2 rings (SSSR count). The minimum Gasteiger partial charge on any atom is -0.505 e. The van der Waals surface area contributed by atoms with E-state index in [1.165, 1.54) is 4.34 Å². The van der Waals surface area contributed by atoms with Crippen molar-refractivity contribution >= 4 is 26.4 Å². The molecule has 0 saturated carbocycles. The van der Waals surface area contributed by atoms with E-state index >= 15 is 0 Å². The highest BCUT2D eigenvalue weighted by molar-refractivity contribution is 7.14. The lowest BCUT2D eigenvalue weighted by atomic mass is 10.2. The summed E-state index contributed by atoms with van der Waals surface area (Å²) in [5, 5.41) is 14.1. The molecule has 0 saturated heterocycles. The van der Waals surface area contributed by atoms with E-state index < -0.39 is 22.8 Å². The molecule has 2 aromatic heterocycles. The largest absolute Gasteiger partial charge is 0.505 e. The lowest BCUT2D eigenvalue weighted by molar-refractivity contribution is 0.0595. The Labute approximate surface area is 104 Å². The number of aromatic hydroxyl groups is 1. The molecule has 0 aromatic carbocycles. The highest BCUT2D eigenvalue weighted by Crippen LogP contribution is 2.26. The quantitative estimate of drug-likeness (QED) is 0.628. The van der Waals surface area contributed by atoms with Gasteiger partial charge in [0.25, 0.3) is 5.56 Å². The molecular weight excluding hydrogens is 257 g/mol. The molecule has 0 amide bonds. The number of carbonyl (C=O) groups excluding carboxylic acids is 1. The average Bonchev–Trinajstić information content (AvgIpc) is 2.80. The lowest BCUT2D eigenvalue weighted by Crippen LogP contribution is -2.22. The molecule has 8 heteroatoms. The van der Waals surface area contributed by atoms with Gasteiger partial charge in [-0.05, 0) is 16.3 Å². The summed E-state index contributed by atoms with van der Waals surface area (Å²) >= 11 is 0. The smallest absolute Gasteiger partial charge is 0.347 e. The van der Waals surface area contributed by atoms with E-state index in [4.69, 9.17) is 0 Å². The molecule has 0 aliphatic rings. The van der Waals surface area contributed by atoms with Crippen molar-refractivity contribution in [2.24, 2.45) is 0 Å². The van der Waals surface area contributed by atoms with Gasteiger partial charge in [0.05, 0.1) is 12.6 Å². The Bertz CT molecular complexity index is 688. The Balaban J connectivity index is 2.90. The van der Waals surface area contributed by atoms with E-state index in [1.54, 1.807) is 10.9 Å². The number of carbonyl (C=O) groups is 1. The maximum absolute atomic E-state index is 11.9. The maximum atomic E-state index is 11.9. The first-order valence-corrected chi connectivity index (χ1v) is 5.71. The molecule has 1 N–H and O–H groups in total. The Kier molecular flexibility index (Phi) is 3.09. The highest BCUT2D eigenvalue weighted by atomic mass is 31.0. The fourth-order valence-corrected chi connectivity index (χ4v) is 1.97. The van der Waals surface area contributed by atoms with E-state index in [1.807, 2.05) is 6.92 Å². The second-order valence-electron chi connectivity index (χ2n) is 3.61. The zero-order valence-electron chi connectivity index (χ0n) is 9.88. The molecule has 7 nitrogen and oxygen atoms in total. The van der Waals surface area contributed by atoms with Crippen LogP contribution in [0.1, 0.15) is 17.3 Å². The van der Waals surface area contributed by atoms with E-state index in [2.05, 4.69) is 19.2 Å². The number of methoxy groups -OCH3 is 1. The molecule has 0 fully saturated rings. The minimum absolute atomic E-state index is 0.187. The van der Waals surface area contributed by atoms with Crippen LogP contribution in [-0.2, 0) is 11.3 Å². The van der Waals surface area contributed by atoms with Crippen molar-refractivity contribution in [3.05, 3.63) is 22.1 Å². The summed E-state index contributed by atoms with van der Waals surface area (Å²) < 4.78 is 7.22. The third kappa shape index (κ3) is 1.67. The van der Waals surface area contributed by atoms with E-state index in [0.29, 0.717) is 12.1 Å². The van der Waals surface area contributed by atoms with Crippen molar-refractivity contribution in [3.63, 3.8) is 0 Å². The van der Waals surface area contributed by atoms with Crippen molar-refractivity contribution in [2.75, 3.05) is 7.11 Å². The van der Waals surface area contributed by atoms with Gasteiger partial charge in [-0.3, -0.25) is 13.8 Å². The monoisotopic (exact) mass is 269 g/mol. The number of fused-ring (bicyclic) bond motifs is 1. The summed E-state index contributed by atoms with van der Waals surface area (Å²) in [7, 11) is 3.33. The van der Waals surface area contributed by atoms with Gasteiger partial charge in [-0.1, -0.05) is 0 Å². The molecular formula is C10H12N3O4P. The molecule has 0 bridgehead atoms. The zero-order valence-corrected chi connectivity index (χ0v) is 11.0. The number of hydrogen-bond acceptors (Lipinski definition) is 5. The van der Waals surface area contributed by atoms with Crippen LogP contribution in [0.2, 0.25) is 0 Å². The Morgan fingerprint density at radius 2 is 2.28 bits per heavy atom. The summed E-state index contributed by atoms with van der Waals surface area (Å²) in [6, 6.07) is 0. The summed E-state index contributed by atoms with van der Waals surface area (Å²) in [6.45, 7) is 2.45. The molecule has 1 atom stereocenters. The first-order valence-electron chi connectivity index (χ1n) is 5.19. The van der Waals surface area contributed by atoms with Crippen LogP contribution < -0.4 is 5.56 Å². The summed E-state index contributed by atoms with van der Waals surface area (Å²) in [5.74, 6) is -1.34. The van der Waals surface area contributed by atoms with E-state index in [-0.39, 0.29) is 5.52 Å². The molecule has 0 aliphatic heterocycles. The minimum atomic E-state index is -0.887. The first kappa shape index (κ1) is 12.6. The number of esters is 1. The van der Waals surface area contributed by atoms with Crippen LogP contribution in [0, 0.1) is 0 Å². The standard InChI is InChI=1S/C10H12N3O4P/c1-3-12-4-5-7(11-12)8(14)6(10(16)17-2)9(15)13(5)18/h4,14H,3,18H2,1-2H3. The van der Waals surface area contributed by atoms with Crippen molar-refractivity contribution in [1.82, 2.24) is 14.1 Å². The summed E-state index contributed by atoms with van der Waals surface area (Å²) in [6.07, 6.45) is 1.62. The molecule has 2 heterocycles. The molecule has 2 aromatic rings. The third-order valence-electron chi connectivity index (χ3n) is 2.61. The van der Waals surface area contributed by atoms with Gasteiger partial charge in [0.2, 0.25) is 0 Å². The molecule has 0 spiro atoms. The molecule has 0 aliphatic carbocycles.